The van der Waals surface area contributed by atoms with Crippen molar-refractivity contribution in [2.75, 3.05) is 29.4 Å². The highest BCUT2D eigenvalue weighted by Crippen LogP contribution is 2.40. The van der Waals surface area contributed by atoms with E-state index in [9.17, 15) is 18.0 Å². The predicted molar refractivity (Wildman–Crippen MR) is 101 cm³/mol. The number of hydrogen-bond acceptors (Lipinski definition) is 3. The van der Waals surface area contributed by atoms with Gasteiger partial charge in [0.05, 0.1) is 23.0 Å². The van der Waals surface area contributed by atoms with E-state index >= 15 is 0 Å². The second-order valence-corrected chi connectivity index (χ2v) is 7.11. The standard InChI is InChI=1S/C20H21F3N4O/c1-2-9-24-19(28)27-15-8-10-26(12-15)17-7-6-16(25-18(17)27)13-4-3-5-14(11-13)20(21,22)23/h3-7,11,15H,2,8-10,12H2,1H3,(H,24,28)/t15-/m0/s1. The van der Waals surface area contributed by atoms with Gasteiger partial charge in [0.1, 0.15) is 0 Å². The molecule has 8 heteroatoms. The smallest absolute Gasteiger partial charge is 0.366 e. The molecule has 1 fully saturated rings. The predicted octanol–water partition coefficient (Wildman–Crippen LogP) is 4.29. The summed E-state index contributed by atoms with van der Waals surface area (Å²) in [4.78, 5) is 21.2. The van der Waals surface area contributed by atoms with Gasteiger partial charge in [0.25, 0.3) is 0 Å². The average Bonchev–Trinajstić information content (AvgIpc) is 3.10. The van der Waals surface area contributed by atoms with E-state index < -0.39 is 11.7 Å². The highest BCUT2D eigenvalue weighted by molar-refractivity contribution is 5.97. The molecule has 0 saturated carbocycles. The van der Waals surface area contributed by atoms with Crippen LogP contribution in [0.25, 0.3) is 11.3 Å². The van der Waals surface area contributed by atoms with Crippen molar-refractivity contribution in [2.45, 2.75) is 32.0 Å². The number of nitrogens with zero attached hydrogens (tertiary/aromatic N) is 3. The molecule has 2 aliphatic rings. The zero-order valence-corrected chi connectivity index (χ0v) is 15.5. The van der Waals surface area contributed by atoms with Crippen LogP contribution in [-0.4, -0.2) is 36.7 Å². The fourth-order valence-electron chi connectivity index (χ4n) is 3.80. The van der Waals surface area contributed by atoms with Crippen LogP contribution >= 0.6 is 0 Å². The van der Waals surface area contributed by atoms with E-state index in [4.69, 9.17) is 0 Å². The fraction of sp³-hybridized carbons (Fsp3) is 0.400. The molecule has 0 aliphatic carbocycles. The summed E-state index contributed by atoms with van der Waals surface area (Å²) < 4.78 is 39.2. The van der Waals surface area contributed by atoms with Gasteiger partial charge in [-0.15, -0.1) is 0 Å². The highest BCUT2D eigenvalue weighted by Gasteiger charge is 2.40. The molecule has 1 saturated heterocycles. The van der Waals surface area contributed by atoms with Gasteiger partial charge in [-0.05, 0) is 37.1 Å². The van der Waals surface area contributed by atoms with Crippen molar-refractivity contribution in [3.8, 4) is 11.3 Å². The van der Waals surface area contributed by atoms with Gasteiger partial charge in [-0.2, -0.15) is 13.2 Å². The van der Waals surface area contributed by atoms with Gasteiger partial charge in [0.15, 0.2) is 5.82 Å². The number of pyridine rings is 1. The average molecular weight is 390 g/mol. The van der Waals surface area contributed by atoms with Gasteiger partial charge < -0.3 is 10.2 Å². The zero-order chi connectivity index (χ0) is 19.9. The van der Waals surface area contributed by atoms with E-state index in [0.717, 1.165) is 43.8 Å². The number of benzene rings is 1. The first kappa shape index (κ1) is 18.6. The Bertz CT molecular complexity index is 899. The molecule has 0 radical (unpaired) electrons. The highest BCUT2D eigenvalue weighted by atomic mass is 19.4. The molecule has 2 aromatic rings. The van der Waals surface area contributed by atoms with Crippen molar-refractivity contribution in [3.05, 3.63) is 42.0 Å². The Labute approximate surface area is 161 Å². The Kier molecular flexibility index (Phi) is 4.64. The van der Waals surface area contributed by atoms with Crippen molar-refractivity contribution < 1.29 is 18.0 Å². The lowest BCUT2D eigenvalue weighted by atomic mass is 10.1. The maximum Gasteiger partial charge on any atom is 0.416 e. The molecule has 0 unspecified atom stereocenters. The summed E-state index contributed by atoms with van der Waals surface area (Å²) in [5, 5.41) is 2.89. The minimum absolute atomic E-state index is 0.0219. The number of hydrogen-bond donors (Lipinski definition) is 1. The van der Waals surface area contributed by atoms with Crippen molar-refractivity contribution in [3.63, 3.8) is 0 Å². The lowest BCUT2D eigenvalue weighted by Crippen LogP contribution is -2.50. The monoisotopic (exact) mass is 390 g/mol. The molecule has 2 bridgehead atoms. The maximum atomic E-state index is 13.1. The molecule has 5 nitrogen and oxygen atoms in total. The van der Waals surface area contributed by atoms with Gasteiger partial charge >= 0.3 is 12.2 Å². The van der Waals surface area contributed by atoms with Crippen LogP contribution in [0, 0.1) is 0 Å². The molecule has 1 atom stereocenters. The summed E-state index contributed by atoms with van der Waals surface area (Å²) in [6.07, 6.45) is -2.75. The molecule has 1 aromatic heterocycles. The lowest BCUT2D eigenvalue weighted by Gasteiger charge is -2.36. The molecule has 3 heterocycles. The first-order chi connectivity index (χ1) is 13.4. The van der Waals surface area contributed by atoms with Crippen molar-refractivity contribution in [1.29, 1.82) is 0 Å². The molecule has 2 amide bonds. The number of urea groups is 1. The number of alkyl halides is 3. The number of halogens is 3. The molecule has 1 N–H and O–H groups in total. The minimum atomic E-state index is -4.42. The van der Waals surface area contributed by atoms with Crippen LogP contribution in [-0.2, 0) is 6.18 Å². The minimum Gasteiger partial charge on any atom is -0.366 e. The third kappa shape index (κ3) is 3.27. The van der Waals surface area contributed by atoms with E-state index in [0.29, 0.717) is 23.6 Å². The van der Waals surface area contributed by atoms with Gasteiger partial charge in [-0.25, -0.2) is 9.78 Å². The molecule has 148 valence electrons. The largest absolute Gasteiger partial charge is 0.416 e. The number of anilines is 2. The second-order valence-electron chi connectivity index (χ2n) is 7.11. The van der Waals surface area contributed by atoms with Crippen molar-refractivity contribution in [1.82, 2.24) is 10.3 Å². The summed E-state index contributed by atoms with van der Waals surface area (Å²) in [5.41, 5.74) is 0.919. The number of aromatic nitrogens is 1. The molecular weight excluding hydrogens is 369 g/mol. The normalized spacial score (nSPS) is 18.2. The Morgan fingerprint density at radius 3 is 2.86 bits per heavy atom. The molecule has 1 aromatic carbocycles. The number of nitrogens with one attached hydrogen (secondary N) is 1. The topological polar surface area (TPSA) is 48.5 Å². The van der Waals surface area contributed by atoms with Crippen LogP contribution in [0.1, 0.15) is 25.3 Å². The second kappa shape index (κ2) is 7.00. The summed E-state index contributed by atoms with van der Waals surface area (Å²) in [6, 6.07) is 8.49. The Hall–Kier alpha value is -2.77. The maximum absolute atomic E-state index is 13.1. The number of rotatable bonds is 3. The summed E-state index contributed by atoms with van der Waals surface area (Å²) in [6.45, 7) is 4.12. The van der Waals surface area contributed by atoms with Gasteiger partial charge in [0, 0.05) is 25.2 Å². The Balaban J connectivity index is 1.74. The summed E-state index contributed by atoms with van der Waals surface area (Å²) in [5.74, 6) is 0.511. The third-order valence-electron chi connectivity index (χ3n) is 5.18. The number of carbonyl (C=O) groups is 1. The SMILES string of the molecule is CCCNC(=O)N1c2nc(-c3cccc(C(F)(F)F)c3)ccc2N2CC[C@H]1C2. The van der Waals surface area contributed by atoms with E-state index in [1.807, 2.05) is 13.0 Å². The van der Waals surface area contributed by atoms with E-state index in [1.54, 1.807) is 17.0 Å². The summed E-state index contributed by atoms with van der Waals surface area (Å²) >= 11 is 0. The molecule has 4 rings (SSSR count). The summed E-state index contributed by atoms with van der Waals surface area (Å²) in [7, 11) is 0. The van der Waals surface area contributed by atoms with E-state index in [1.165, 1.54) is 6.07 Å². The zero-order valence-electron chi connectivity index (χ0n) is 15.5. The Morgan fingerprint density at radius 2 is 2.11 bits per heavy atom. The van der Waals surface area contributed by atoms with Crippen LogP contribution in [0.4, 0.5) is 29.5 Å². The van der Waals surface area contributed by atoms with Gasteiger partial charge in [-0.3, -0.25) is 4.90 Å². The molecule has 28 heavy (non-hydrogen) atoms. The van der Waals surface area contributed by atoms with Gasteiger partial charge in [-0.1, -0.05) is 19.1 Å². The fourth-order valence-corrected chi connectivity index (χ4v) is 3.80. The number of carbonyl (C=O) groups excluding carboxylic acids is 1. The van der Waals surface area contributed by atoms with Crippen LogP contribution in [0.15, 0.2) is 36.4 Å². The van der Waals surface area contributed by atoms with E-state index in [2.05, 4.69) is 15.2 Å². The Morgan fingerprint density at radius 1 is 1.29 bits per heavy atom. The van der Waals surface area contributed by atoms with Crippen LogP contribution < -0.4 is 15.1 Å². The van der Waals surface area contributed by atoms with E-state index in [-0.39, 0.29) is 12.1 Å². The number of amides is 2. The van der Waals surface area contributed by atoms with Crippen LogP contribution in [0.5, 0.6) is 0 Å². The third-order valence-corrected chi connectivity index (χ3v) is 5.18. The quantitative estimate of drug-likeness (QED) is 0.851. The van der Waals surface area contributed by atoms with Gasteiger partial charge in [0.2, 0.25) is 0 Å². The number of fused-ring (bicyclic) bond motifs is 4. The van der Waals surface area contributed by atoms with Crippen molar-refractivity contribution >= 4 is 17.5 Å². The van der Waals surface area contributed by atoms with Crippen LogP contribution in [0.3, 0.4) is 0 Å². The lowest BCUT2D eigenvalue weighted by molar-refractivity contribution is -0.137. The first-order valence-electron chi connectivity index (χ1n) is 9.39. The molecule has 2 aliphatic heterocycles. The van der Waals surface area contributed by atoms with Crippen LogP contribution in [0.2, 0.25) is 0 Å². The molecule has 0 spiro atoms. The first-order valence-corrected chi connectivity index (χ1v) is 9.39. The molecular formula is C20H21F3N4O. The van der Waals surface area contributed by atoms with Crippen molar-refractivity contribution in [2.24, 2.45) is 0 Å².